The molecule has 1 saturated carbocycles. The second kappa shape index (κ2) is 6.12. The third-order valence-corrected chi connectivity index (χ3v) is 3.42. The Hall–Kier alpha value is -0.940. The molecule has 0 aliphatic heterocycles. The smallest absolute Gasteiger partial charge is 0.0964 e. The SMILES string of the molecule is CCNCc1cn(C2CCCC(OC)C2)nn1. The van der Waals surface area contributed by atoms with Crippen LogP contribution in [0.15, 0.2) is 6.20 Å². The molecule has 1 heterocycles. The van der Waals surface area contributed by atoms with Crippen molar-refractivity contribution in [3.05, 3.63) is 11.9 Å². The Kier molecular flexibility index (Phi) is 4.50. The molecule has 2 atom stereocenters. The summed E-state index contributed by atoms with van der Waals surface area (Å²) in [6, 6.07) is 0.455. The van der Waals surface area contributed by atoms with Crippen LogP contribution in [0.1, 0.15) is 44.3 Å². The van der Waals surface area contributed by atoms with E-state index in [-0.39, 0.29) is 0 Å². The summed E-state index contributed by atoms with van der Waals surface area (Å²) in [5.74, 6) is 0. The molecule has 1 fully saturated rings. The summed E-state index contributed by atoms with van der Waals surface area (Å²) in [6.45, 7) is 3.85. The third kappa shape index (κ3) is 3.26. The highest BCUT2D eigenvalue weighted by Crippen LogP contribution is 2.29. The highest BCUT2D eigenvalue weighted by Gasteiger charge is 2.23. The predicted molar refractivity (Wildman–Crippen MR) is 65.7 cm³/mol. The highest BCUT2D eigenvalue weighted by atomic mass is 16.5. The van der Waals surface area contributed by atoms with Crippen molar-refractivity contribution in [3.63, 3.8) is 0 Å². The minimum absolute atomic E-state index is 0.384. The van der Waals surface area contributed by atoms with E-state index in [0.29, 0.717) is 12.1 Å². The average molecular weight is 238 g/mol. The first-order valence-electron chi connectivity index (χ1n) is 6.47. The minimum atomic E-state index is 0.384. The largest absolute Gasteiger partial charge is 0.381 e. The number of hydrogen-bond donors (Lipinski definition) is 1. The lowest BCUT2D eigenvalue weighted by Gasteiger charge is -2.27. The maximum atomic E-state index is 5.44. The maximum absolute atomic E-state index is 5.44. The molecule has 1 aromatic heterocycles. The molecule has 0 bridgehead atoms. The van der Waals surface area contributed by atoms with Gasteiger partial charge in [0.15, 0.2) is 0 Å². The van der Waals surface area contributed by atoms with Gasteiger partial charge >= 0.3 is 0 Å². The molecule has 1 aliphatic rings. The Balaban J connectivity index is 1.94. The summed E-state index contributed by atoms with van der Waals surface area (Å²) >= 11 is 0. The van der Waals surface area contributed by atoms with Crippen molar-refractivity contribution in [2.45, 2.75) is 51.3 Å². The fraction of sp³-hybridized carbons (Fsp3) is 0.833. The average Bonchev–Trinajstić information content (AvgIpc) is 2.85. The molecule has 96 valence electrons. The van der Waals surface area contributed by atoms with Crippen molar-refractivity contribution in [2.75, 3.05) is 13.7 Å². The number of methoxy groups -OCH3 is 1. The lowest BCUT2D eigenvalue weighted by molar-refractivity contribution is 0.0504. The van der Waals surface area contributed by atoms with Gasteiger partial charge in [0.25, 0.3) is 0 Å². The number of nitrogens with one attached hydrogen (secondary N) is 1. The normalized spacial score (nSPS) is 25.1. The topological polar surface area (TPSA) is 52.0 Å². The quantitative estimate of drug-likeness (QED) is 0.845. The molecule has 0 amide bonds. The van der Waals surface area contributed by atoms with Crippen LogP contribution in [-0.2, 0) is 11.3 Å². The first-order chi connectivity index (χ1) is 8.33. The standard InChI is InChI=1S/C12H22N4O/c1-3-13-8-10-9-16(15-14-10)11-5-4-6-12(7-11)17-2/h9,11-13H,3-8H2,1-2H3. The third-order valence-electron chi connectivity index (χ3n) is 3.42. The van der Waals surface area contributed by atoms with E-state index in [0.717, 1.165) is 25.2 Å². The molecule has 17 heavy (non-hydrogen) atoms. The molecule has 1 aromatic rings. The summed E-state index contributed by atoms with van der Waals surface area (Å²) in [7, 11) is 1.80. The van der Waals surface area contributed by atoms with Crippen LogP contribution in [0.3, 0.4) is 0 Å². The van der Waals surface area contributed by atoms with E-state index in [1.807, 2.05) is 4.68 Å². The van der Waals surface area contributed by atoms with E-state index in [4.69, 9.17) is 4.74 Å². The van der Waals surface area contributed by atoms with Gasteiger partial charge in [-0.1, -0.05) is 12.1 Å². The van der Waals surface area contributed by atoms with Crippen LogP contribution in [0, 0.1) is 0 Å². The molecule has 5 heteroatoms. The van der Waals surface area contributed by atoms with Gasteiger partial charge in [0, 0.05) is 13.7 Å². The van der Waals surface area contributed by atoms with Gasteiger partial charge in [-0.3, -0.25) is 0 Å². The summed E-state index contributed by atoms with van der Waals surface area (Å²) in [5.41, 5.74) is 1.02. The van der Waals surface area contributed by atoms with E-state index in [9.17, 15) is 0 Å². The Bertz CT molecular complexity index is 339. The summed E-state index contributed by atoms with van der Waals surface area (Å²) in [5, 5.41) is 11.7. The number of hydrogen-bond acceptors (Lipinski definition) is 4. The molecule has 0 saturated heterocycles. The van der Waals surface area contributed by atoms with Gasteiger partial charge in [-0.05, 0) is 32.2 Å². The summed E-state index contributed by atoms with van der Waals surface area (Å²) < 4.78 is 7.45. The van der Waals surface area contributed by atoms with Crippen molar-refractivity contribution < 1.29 is 4.74 Å². The van der Waals surface area contributed by atoms with Crippen LogP contribution < -0.4 is 5.32 Å². The Labute approximate surface area is 103 Å². The van der Waals surface area contributed by atoms with Crippen LogP contribution in [0.25, 0.3) is 0 Å². The number of nitrogens with zero attached hydrogens (tertiary/aromatic N) is 3. The highest BCUT2D eigenvalue weighted by molar-refractivity contribution is 4.93. The fourth-order valence-corrected chi connectivity index (χ4v) is 2.40. The Morgan fingerprint density at radius 1 is 1.53 bits per heavy atom. The van der Waals surface area contributed by atoms with Crippen LogP contribution in [0.2, 0.25) is 0 Å². The van der Waals surface area contributed by atoms with Gasteiger partial charge in [-0.2, -0.15) is 0 Å². The Morgan fingerprint density at radius 2 is 2.41 bits per heavy atom. The van der Waals surface area contributed by atoms with Crippen LogP contribution in [0.4, 0.5) is 0 Å². The molecular weight excluding hydrogens is 216 g/mol. The zero-order valence-electron chi connectivity index (χ0n) is 10.7. The van der Waals surface area contributed by atoms with E-state index in [2.05, 4.69) is 28.7 Å². The van der Waals surface area contributed by atoms with Crippen LogP contribution in [-0.4, -0.2) is 34.8 Å². The number of ether oxygens (including phenoxy) is 1. The molecule has 0 spiro atoms. The first-order valence-corrected chi connectivity index (χ1v) is 6.47. The van der Waals surface area contributed by atoms with Crippen LogP contribution in [0.5, 0.6) is 0 Å². The lowest BCUT2D eigenvalue weighted by atomic mass is 9.93. The number of aromatic nitrogens is 3. The molecule has 1 N–H and O–H groups in total. The van der Waals surface area contributed by atoms with Crippen molar-refractivity contribution >= 4 is 0 Å². The van der Waals surface area contributed by atoms with E-state index in [1.165, 1.54) is 19.3 Å². The second-order valence-corrected chi connectivity index (χ2v) is 4.65. The minimum Gasteiger partial charge on any atom is -0.381 e. The molecule has 5 nitrogen and oxygen atoms in total. The first kappa shape index (κ1) is 12.5. The van der Waals surface area contributed by atoms with E-state index >= 15 is 0 Å². The Morgan fingerprint density at radius 3 is 3.18 bits per heavy atom. The molecule has 2 rings (SSSR count). The zero-order valence-corrected chi connectivity index (χ0v) is 10.7. The zero-order chi connectivity index (χ0) is 12.1. The molecule has 2 unspecified atom stereocenters. The van der Waals surface area contributed by atoms with Crippen LogP contribution >= 0.6 is 0 Å². The summed E-state index contributed by atoms with van der Waals surface area (Å²) in [6.07, 6.45) is 7.07. The van der Waals surface area contributed by atoms with E-state index < -0.39 is 0 Å². The van der Waals surface area contributed by atoms with Crippen molar-refractivity contribution in [1.29, 1.82) is 0 Å². The van der Waals surface area contributed by atoms with Crippen molar-refractivity contribution in [3.8, 4) is 0 Å². The predicted octanol–water partition coefficient (Wildman–Crippen LogP) is 1.52. The van der Waals surface area contributed by atoms with Crippen molar-refractivity contribution in [1.82, 2.24) is 20.3 Å². The van der Waals surface area contributed by atoms with Gasteiger partial charge in [0.2, 0.25) is 0 Å². The molecule has 0 radical (unpaired) electrons. The van der Waals surface area contributed by atoms with Gasteiger partial charge in [0.1, 0.15) is 0 Å². The number of rotatable bonds is 5. The second-order valence-electron chi connectivity index (χ2n) is 4.65. The molecule has 0 aromatic carbocycles. The molecular formula is C12H22N4O. The van der Waals surface area contributed by atoms with E-state index in [1.54, 1.807) is 7.11 Å². The fourth-order valence-electron chi connectivity index (χ4n) is 2.40. The molecule has 1 aliphatic carbocycles. The monoisotopic (exact) mass is 238 g/mol. The van der Waals surface area contributed by atoms with Gasteiger partial charge in [-0.25, -0.2) is 4.68 Å². The lowest BCUT2D eigenvalue weighted by Crippen LogP contribution is -2.24. The summed E-state index contributed by atoms with van der Waals surface area (Å²) in [4.78, 5) is 0. The van der Waals surface area contributed by atoms with Crippen molar-refractivity contribution in [2.24, 2.45) is 0 Å². The maximum Gasteiger partial charge on any atom is 0.0964 e. The van der Waals surface area contributed by atoms with Gasteiger partial charge < -0.3 is 10.1 Å². The van der Waals surface area contributed by atoms with Gasteiger partial charge in [0.05, 0.1) is 24.0 Å². The van der Waals surface area contributed by atoms with Gasteiger partial charge in [-0.15, -0.1) is 5.10 Å².